The zero-order chi connectivity index (χ0) is 19.6. The molecule has 1 heterocycles. The van der Waals surface area contributed by atoms with Crippen LogP contribution in [-0.2, 0) is 25.7 Å². The molecule has 0 saturated carbocycles. The van der Waals surface area contributed by atoms with E-state index in [1.807, 2.05) is 6.20 Å². The minimum absolute atomic E-state index is 1.04. The number of unbranched alkanes of at least 4 members (excludes halogenated alkanes) is 2. The summed E-state index contributed by atoms with van der Waals surface area (Å²) in [7, 11) is 0. The molecule has 0 radical (unpaired) electrons. The molecule has 0 amide bonds. The number of aromatic nitrogens is 1. The Hall–Kier alpha value is -2.41. The molecule has 0 N–H and O–H groups in total. The normalized spacial score (nSPS) is 10.9. The van der Waals surface area contributed by atoms with Gasteiger partial charge in [-0.2, -0.15) is 0 Å². The molecule has 146 valence electrons. The molecule has 0 unspecified atom stereocenters. The minimum Gasteiger partial charge on any atom is -0.256 e. The Balaban J connectivity index is 1.52. The molecule has 1 nitrogen and oxygen atoms in total. The Bertz CT molecular complexity index is 814. The highest BCUT2D eigenvalue weighted by Crippen LogP contribution is 2.19. The average Bonchev–Trinajstić information content (AvgIpc) is 2.75. The monoisotopic (exact) mass is 371 g/mol. The summed E-state index contributed by atoms with van der Waals surface area (Å²) in [4.78, 5) is 4.69. The van der Waals surface area contributed by atoms with Gasteiger partial charge in [-0.15, -0.1) is 0 Å². The smallest absolute Gasteiger partial charge is 0.0702 e. The topological polar surface area (TPSA) is 12.9 Å². The number of benzene rings is 2. The summed E-state index contributed by atoms with van der Waals surface area (Å²) < 4.78 is 0. The Labute approximate surface area is 170 Å². The van der Waals surface area contributed by atoms with Gasteiger partial charge >= 0.3 is 0 Å². The highest BCUT2D eigenvalue weighted by atomic mass is 14.7. The Morgan fingerprint density at radius 1 is 0.536 bits per heavy atom. The zero-order valence-corrected chi connectivity index (χ0v) is 17.5. The highest BCUT2D eigenvalue weighted by Gasteiger charge is 2.02. The van der Waals surface area contributed by atoms with Gasteiger partial charge in [-0.1, -0.05) is 87.7 Å². The molecule has 0 aliphatic rings. The van der Waals surface area contributed by atoms with Crippen LogP contribution in [-0.4, -0.2) is 4.98 Å². The predicted molar refractivity (Wildman–Crippen MR) is 121 cm³/mol. The van der Waals surface area contributed by atoms with Crippen LogP contribution in [0.3, 0.4) is 0 Å². The standard InChI is InChI=1S/C27H33N/c1-3-5-6-8-23-9-11-24(12-10-23)13-14-25-17-20-27(28-21-25)26-18-15-22(7-4-2)16-19-26/h9-12,15-21H,3-8,13-14H2,1-2H3. The van der Waals surface area contributed by atoms with Crippen molar-refractivity contribution in [3.8, 4) is 11.3 Å². The van der Waals surface area contributed by atoms with Gasteiger partial charge in [0.1, 0.15) is 0 Å². The van der Waals surface area contributed by atoms with Gasteiger partial charge in [0.05, 0.1) is 5.69 Å². The molecule has 3 rings (SSSR count). The predicted octanol–water partition coefficient (Wildman–Crippen LogP) is 7.22. The SMILES string of the molecule is CCCCCc1ccc(CCc2ccc(-c3ccc(CCC)cc3)nc2)cc1. The van der Waals surface area contributed by atoms with Crippen molar-refractivity contribution in [3.63, 3.8) is 0 Å². The summed E-state index contributed by atoms with van der Waals surface area (Å²) in [5.41, 5.74) is 7.84. The Morgan fingerprint density at radius 3 is 1.71 bits per heavy atom. The van der Waals surface area contributed by atoms with Gasteiger partial charge in [0, 0.05) is 11.8 Å². The van der Waals surface area contributed by atoms with Crippen molar-refractivity contribution in [2.24, 2.45) is 0 Å². The first-order valence-corrected chi connectivity index (χ1v) is 10.9. The maximum absolute atomic E-state index is 4.69. The maximum atomic E-state index is 4.69. The maximum Gasteiger partial charge on any atom is 0.0702 e. The second-order valence-electron chi connectivity index (χ2n) is 7.77. The van der Waals surface area contributed by atoms with Crippen LogP contribution in [0, 0.1) is 0 Å². The van der Waals surface area contributed by atoms with E-state index in [0.29, 0.717) is 0 Å². The van der Waals surface area contributed by atoms with Crippen LogP contribution < -0.4 is 0 Å². The van der Waals surface area contributed by atoms with Crippen molar-refractivity contribution in [2.75, 3.05) is 0 Å². The fourth-order valence-corrected chi connectivity index (χ4v) is 3.61. The van der Waals surface area contributed by atoms with Crippen LogP contribution in [0.15, 0.2) is 66.9 Å². The second kappa shape index (κ2) is 10.8. The summed E-state index contributed by atoms with van der Waals surface area (Å²) in [5, 5.41) is 0. The van der Waals surface area contributed by atoms with Gasteiger partial charge < -0.3 is 0 Å². The quantitative estimate of drug-likeness (QED) is 0.343. The van der Waals surface area contributed by atoms with Crippen molar-refractivity contribution in [1.82, 2.24) is 4.98 Å². The third-order valence-corrected chi connectivity index (χ3v) is 5.41. The lowest BCUT2D eigenvalue weighted by molar-refractivity contribution is 0.717. The average molecular weight is 372 g/mol. The third kappa shape index (κ3) is 6.05. The van der Waals surface area contributed by atoms with E-state index in [1.165, 1.54) is 59.9 Å². The van der Waals surface area contributed by atoms with Crippen molar-refractivity contribution >= 4 is 0 Å². The zero-order valence-electron chi connectivity index (χ0n) is 17.5. The fourth-order valence-electron chi connectivity index (χ4n) is 3.61. The van der Waals surface area contributed by atoms with Crippen LogP contribution in [0.2, 0.25) is 0 Å². The van der Waals surface area contributed by atoms with Crippen molar-refractivity contribution in [1.29, 1.82) is 0 Å². The number of hydrogen-bond acceptors (Lipinski definition) is 1. The lowest BCUT2D eigenvalue weighted by atomic mass is 10.0. The molecule has 0 fully saturated rings. The van der Waals surface area contributed by atoms with E-state index in [1.54, 1.807) is 0 Å². The molecule has 3 aromatic rings. The molecule has 0 bridgehead atoms. The summed E-state index contributed by atoms with van der Waals surface area (Å²) in [6.45, 7) is 4.48. The molecular formula is C27H33N. The minimum atomic E-state index is 1.04. The number of nitrogens with zero attached hydrogens (tertiary/aromatic N) is 1. The van der Waals surface area contributed by atoms with Crippen molar-refractivity contribution < 1.29 is 0 Å². The number of pyridine rings is 1. The van der Waals surface area contributed by atoms with E-state index in [0.717, 1.165) is 25.0 Å². The van der Waals surface area contributed by atoms with Gasteiger partial charge in [-0.05, 0) is 60.4 Å². The lowest BCUT2D eigenvalue weighted by Gasteiger charge is -2.06. The molecule has 0 saturated heterocycles. The molecule has 0 aliphatic carbocycles. The molecular weight excluding hydrogens is 338 g/mol. The van der Waals surface area contributed by atoms with E-state index < -0.39 is 0 Å². The van der Waals surface area contributed by atoms with E-state index in [4.69, 9.17) is 4.98 Å². The molecule has 28 heavy (non-hydrogen) atoms. The number of rotatable bonds is 10. The lowest BCUT2D eigenvalue weighted by Crippen LogP contribution is -1.94. The summed E-state index contributed by atoms with van der Waals surface area (Å²) >= 11 is 0. The largest absolute Gasteiger partial charge is 0.256 e. The van der Waals surface area contributed by atoms with Crippen molar-refractivity contribution in [3.05, 3.63) is 89.1 Å². The molecule has 0 spiro atoms. The summed E-state index contributed by atoms with van der Waals surface area (Å²) in [5.74, 6) is 0. The molecule has 2 aromatic carbocycles. The number of aryl methyl sites for hydroxylation is 4. The highest BCUT2D eigenvalue weighted by molar-refractivity contribution is 5.59. The van der Waals surface area contributed by atoms with E-state index in [9.17, 15) is 0 Å². The van der Waals surface area contributed by atoms with Crippen LogP contribution >= 0.6 is 0 Å². The second-order valence-corrected chi connectivity index (χ2v) is 7.77. The van der Waals surface area contributed by atoms with E-state index in [-0.39, 0.29) is 0 Å². The summed E-state index contributed by atoms with van der Waals surface area (Å²) in [6, 6.07) is 22.4. The first-order chi connectivity index (χ1) is 13.8. The van der Waals surface area contributed by atoms with Crippen LogP contribution in [0.5, 0.6) is 0 Å². The molecule has 1 heteroatoms. The van der Waals surface area contributed by atoms with Crippen LogP contribution in [0.25, 0.3) is 11.3 Å². The van der Waals surface area contributed by atoms with Crippen LogP contribution in [0.1, 0.15) is 61.8 Å². The molecule has 0 atom stereocenters. The summed E-state index contributed by atoms with van der Waals surface area (Å²) in [6.07, 6.45) is 11.6. The van der Waals surface area contributed by atoms with Crippen molar-refractivity contribution in [2.45, 2.75) is 65.2 Å². The van der Waals surface area contributed by atoms with Gasteiger partial charge in [0.15, 0.2) is 0 Å². The Morgan fingerprint density at radius 2 is 1.11 bits per heavy atom. The van der Waals surface area contributed by atoms with E-state index in [2.05, 4.69) is 74.5 Å². The number of hydrogen-bond donors (Lipinski definition) is 0. The third-order valence-electron chi connectivity index (χ3n) is 5.41. The first kappa shape index (κ1) is 20.3. The first-order valence-electron chi connectivity index (χ1n) is 10.9. The fraction of sp³-hybridized carbons (Fsp3) is 0.370. The van der Waals surface area contributed by atoms with Gasteiger partial charge in [0.25, 0.3) is 0 Å². The van der Waals surface area contributed by atoms with Gasteiger partial charge in [-0.25, -0.2) is 0 Å². The van der Waals surface area contributed by atoms with E-state index >= 15 is 0 Å². The van der Waals surface area contributed by atoms with Gasteiger partial charge in [-0.3, -0.25) is 4.98 Å². The molecule has 1 aromatic heterocycles. The van der Waals surface area contributed by atoms with Gasteiger partial charge in [0.2, 0.25) is 0 Å². The molecule has 0 aliphatic heterocycles. The Kier molecular flexibility index (Phi) is 7.84. The van der Waals surface area contributed by atoms with Crippen LogP contribution in [0.4, 0.5) is 0 Å².